The number of aryl methyl sites for hydroxylation is 2. The fraction of sp³-hybridized carbons (Fsp3) is 0.556. The maximum absolute atomic E-state index is 14.9. The zero-order valence-electron chi connectivity index (χ0n) is 24.2. The Balaban J connectivity index is 1.20. The van der Waals surface area contributed by atoms with Gasteiger partial charge in [0.15, 0.2) is 11.6 Å². The highest BCUT2D eigenvalue weighted by atomic mass is 19.2. The average molecular weight is 535 g/mol. The van der Waals surface area contributed by atoms with Crippen molar-refractivity contribution in [1.82, 2.24) is 0 Å². The first-order valence-corrected chi connectivity index (χ1v) is 15.6. The van der Waals surface area contributed by atoms with Crippen LogP contribution in [0, 0.1) is 29.4 Å². The monoisotopic (exact) mass is 534 g/mol. The van der Waals surface area contributed by atoms with Crippen molar-refractivity contribution in [2.75, 3.05) is 6.61 Å². The minimum Gasteiger partial charge on any atom is -0.490 e. The number of rotatable bonds is 13. The van der Waals surface area contributed by atoms with Gasteiger partial charge < -0.3 is 4.74 Å². The van der Waals surface area contributed by atoms with Crippen molar-refractivity contribution in [2.24, 2.45) is 17.8 Å². The Morgan fingerprint density at radius 3 is 2.21 bits per heavy atom. The molecule has 0 heterocycles. The molecule has 2 aliphatic rings. The molecule has 2 aromatic rings. The molecule has 1 unspecified atom stereocenters. The third-order valence-electron chi connectivity index (χ3n) is 8.90. The molecule has 0 bridgehead atoms. The van der Waals surface area contributed by atoms with Crippen LogP contribution < -0.4 is 4.74 Å². The van der Waals surface area contributed by atoms with E-state index in [4.69, 9.17) is 4.74 Å². The largest absolute Gasteiger partial charge is 0.490 e. The van der Waals surface area contributed by atoms with E-state index in [0.717, 1.165) is 62.9 Å². The third kappa shape index (κ3) is 8.53. The Morgan fingerprint density at radius 2 is 1.54 bits per heavy atom. The molecular formula is C36H48F2O. The van der Waals surface area contributed by atoms with Crippen LogP contribution in [0.2, 0.25) is 0 Å². The molecule has 2 aromatic carbocycles. The van der Waals surface area contributed by atoms with Gasteiger partial charge in [0.1, 0.15) is 0 Å². The van der Waals surface area contributed by atoms with Gasteiger partial charge in [0.25, 0.3) is 0 Å². The molecule has 1 fully saturated rings. The zero-order chi connectivity index (χ0) is 27.5. The number of hydrogen-bond donors (Lipinski definition) is 0. The number of hydrogen-bond acceptors (Lipinski definition) is 1. The van der Waals surface area contributed by atoms with Gasteiger partial charge in [-0.2, -0.15) is 4.39 Å². The van der Waals surface area contributed by atoms with Crippen LogP contribution in [0.4, 0.5) is 8.78 Å². The summed E-state index contributed by atoms with van der Waals surface area (Å²) in [6.45, 7) is 4.77. The Labute approximate surface area is 235 Å². The highest BCUT2D eigenvalue weighted by Crippen LogP contribution is 2.42. The van der Waals surface area contributed by atoms with Gasteiger partial charge in [-0.3, -0.25) is 0 Å². The van der Waals surface area contributed by atoms with Gasteiger partial charge in [-0.15, -0.1) is 0 Å². The number of unbranched alkanes of at least 4 members (excludes halogenated alkanes) is 2. The summed E-state index contributed by atoms with van der Waals surface area (Å²) in [5.74, 6) is 0.575. The van der Waals surface area contributed by atoms with Gasteiger partial charge in [-0.25, -0.2) is 4.39 Å². The van der Waals surface area contributed by atoms with E-state index in [0.29, 0.717) is 24.0 Å². The number of ether oxygens (including phenoxy) is 1. The molecule has 0 saturated heterocycles. The Bertz CT molecular complexity index is 1080. The lowest BCUT2D eigenvalue weighted by Gasteiger charge is -2.35. The molecular weight excluding hydrogens is 486 g/mol. The Hall–Kier alpha value is -2.42. The smallest absolute Gasteiger partial charge is 0.201 e. The van der Waals surface area contributed by atoms with Crippen molar-refractivity contribution in [3.63, 3.8) is 0 Å². The predicted molar refractivity (Wildman–Crippen MR) is 160 cm³/mol. The summed E-state index contributed by atoms with van der Waals surface area (Å²) in [4.78, 5) is 0. The normalized spacial score (nSPS) is 21.7. The first-order valence-electron chi connectivity index (χ1n) is 15.6. The number of benzene rings is 2. The highest BCUT2D eigenvalue weighted by Gasteiger charge is 2.29. The van der Waals surface area contributed by atoms with E-state index in [1.165, 1.54) is 49.7 Å². The number of allylic oxidation sites excluding steroid dienone is 4. The lowest BCUT2D eigenvalue weighted by atomic mass is 9.71. The van der Waals surface area contributed by atoms with E-state index >= 15 is 0 Å². The molecule has 0 amide bonds. The molecule has 0 aliphatic heterocycles. The van der Waals surface area contributed by atoms with E-state index in [1.807, 2.05) is 0 Å². The number of halogens is 2. The van der Waals surface area contributed by atoms with Gasteiger partial charge in [-0.1, -0.05) is 75.6 Å². The first-order chi connectivity index (χ1) is 19.1. The summed E-state index contributed by atoms with van der Waals surface area (Å²) in [6, 6.07) is 12.4. The van der Waals surface area contributed by atoms with Crippen molar-refractivity contribution in [2.45, 2.75) is 104 Å². The molecule has 0 spiro atoms. The topological polar surface area (TPSA) is 9.23 Å². The highest BCUT2D eigenvalue weighted by molar-refractivity contribution is 5.67. The van der Waals surface area contributed by atoms with Crippen LogP contribution in [0.1, 0.15) is 108 Å². The second-order valence-electron chi connectivity index (χ2n) is 11.8. The van der Waals surface area contributed by atoms with Crippen LogP contribution in [0.15, 0.2) is 54.6 Å². The van der Waals surface area contributed by atoms with Gasteiger partial charge in [0, 0.05) is 5.56 Å². The van der Waals surface area contributed by atoms with Crippen molar-refractivity contribution in [3.8, 4) is 5.75 Å². The van der Waals surface area contributed by atoms with Crippen LogP contribution in [0.25, 0.3) is 5.57 Å². The molecule has 0 radical (unpaired) electrons. The van der Waals surface area contributed by atoms with Crippen molar-refractivity contribution in [1.29, 1.82) is 0 Å². The summed E-state index contributed by atoms with van der Waals surface area (Å²) in [5, 5.41) is 0. The lowest BCUT2D eigenvalue weighted by molar-refractivity contribution is 0.212. The van der Waals surface area contributed by atoms with Crippen LogP contribution in [0.3, 0.4) is 0 Å². The van der Waals surface area contributed by atoms with E-state index in [9.17, 15) is 8.78 Å². The predicted octanol–water partition coefficient (Wildman–Crippen LogP) is 10.7. The summed E-state index contributed by atoms with van der Waals surface area (Å²) < 4.78 is 35.0. The minimum absolute atomic E-state index is 0.0357. The maximum atomic E-state index is 14.9. The summed E-state index contributed by atoms with van der Waals surface area (Å²) >= 11 is 0. The Morgan fingerprint density at radius 1 is 0.795 bits per heavy atom. The molecule has 39 heavy (non-hydrogen) atoms. The molecule has 1 nitrogen and oxygen atoms in total. The van der Waals surface area contributed by atoms with Gasteiger partial charge >= 0.3 is 0 Å². The molecule has 0 N–H and O–H groups in total. The molecule has 212 valence electrons. The molecule has 1 saturated carbocycles. The van der Waals surface area contributed by atoms with Gasteiger partial charge in [-0.05, 0) is 117 Å². The minimum atomic E-state index is -0.844. The summed E-state index contributed by atoms with van der Waals surface area (Å²) in [5.41, 5.74) is 4.24. The van der Waals surface area contributed by atoms with Crippen LogP contribution in [-0.4, -0.2) is 6.61 Å². The van der Waals surface area contributed by atoms with E-state index < -0.39 is 11.6 Å². The lowest BCUT2D eigenvalue weighted by Crippen LogP contribution is -2.22. The molecule has 1 atom stereocenters. The van der Waals surface area contributed by atoms with Gasteiger partial charge in [0.2, 0.25) is 5.82 Å². The van der Waals surface area contributed by atoms with Crippen molar-refractivity contribution < 1.29 is 13.5 Å². The standard InChI is InChI=1S/C36H48F2O/c1-3-5-8-26-39-34-25-24-33(35(37)36(34)38)32-22-20-31(21-23-32)30-18-16-29(17-19-30)11-7-6-10-28-14-12-27(9-4-2)13-15-28/h7,11-15,22,24-25,29-31H,3-6,8-10,16-21,23,26H2,1-2H3. The van der Waals surface area contributed by atoms with E-state index in [1.54, 1.807) is 12.1 Å². The molecule has 4 rings (SSSR count). The van der Waals surface area contributed by atoms with Crippen molar-refractivity contribution >= 4 is 5.57 Å². The van der Waals surface area contributed by atoms with E-state index in [2.05, 4.69) is 56.3 Å². The fourth-order valence-electron chi connectivity index (χ4n) is 6.46. The molecule has 2 aliphatic carbocycles. The van der Waals surface area contributed by atoms with Gasteiger partial charge in [0.05, 0.1) is 6.61 Å². The SMILES string of the molecule is CCCCCOc1ccc(C2=CCC(C3CCC(C=CCCc4ccc(CCC)cc4)CC3)CC2)c(F)c1F. The van der Waals surface area contributed by atoms with Crippen LogP contribution in [0.5, 0.6) is 5.75 Å². The molecule has 3 heteroatoms. The second-order valence-corrected chi connectivity index (χ2v) is 11.8. The quantitative estimate of drug-likeness (QED) is 0.183. The average Bonchev–Trinajstić information content (AvgIpc) is 2.97. The van der Waals surface area contributed by atoms with Crippen LogP contribution >= 0.6 is 0 Å². The Kier molecular flexibility index (Phi) is 11.7. The second kappa shape index (κ2) is 15.4. The van der Waals surface area contributed by atoms with Crippen LogP contribution in [-0.2, 0) is 12.8 Å². The fourth-order valence-corrected chi connectivity index (χ4v) is 6.46. The maximum Gasteiger partial charge on any atom is 0.201 e. The summed E-state index contributed by atoms with van der Waals surface area (Å²) in [6.07, 6.45) is 22.6. The van der Waals surface area contributed by atoms with E-state index in [-0.39, 0.29) is 5.75 Å². The first kappa shape index (κ1) is 29.6. The zero-order valence-corrected chi connectivity index (χ0v) is 24.2. The molecule has 0 aromatic heterocycles. The summed E-state index contributed by atoms with van der Waals surface area (Å²) in [7, 11) is 0. The van der Waals surface area contributed by atoms with Crippen molar-refractivity contribution in [3.05, 3.63) is 83.0 Å². The third-order valence-corrected chi connectivity index (χ3v) is 8.90.